The molecule has 0 amide bonds. The summed E-state index contributed by atoms with van der Waals surface area (Å²) in [6.07, 6.45) is 0. The van der Waals surface area contributed by atoms with Gasteiger partial charge in [0.1, 0.15) is 0 Å². The van der Waals surface area contributed by atoms with Crippen molar-refractivity contribution in [3.8, 4) is 0 Å². The molecular formula is C12H9Cl2FN2. The Bertz CT molecular complexity index is 535. The lowest BCUT2D eigenvalue weighted by molar-refractivity contribution is 0.629. The van der Waals surface area contributed by atoms with Crippen molar-refractivity contribution in [1.29, 1.82) is 0 Å². The third-order valence-electron chi connectivity index (χ3n) is 2.16. The predicted octanol–water partition coefficient (Wildman–Crippen LogP) is 4.46. The molecule has 0 aliphatic heterocycles. The van der Waals surface area contributed by atoms with Gasteiger partial charge in [-0.3, -0.25) is 0 Å². The number of halogens is 3. The molecule has 0 aliphatic rings. The lowest BCUT2D eigenvalue weighted by atomic mass is 10.2. The van der Waals surface area contributed by atoms with Gasteiger partial charge < -0.3 is 11.1 Å². The molecule has 5 heteroatoms. The fraction of sp³-hybridized carbons (Fsp3) is 0. The van der Waals surface area contributed by atoms with E-state index in [4.69, 9.17) is 28.9 Å². The molecule has 2 aromatic rings. The van der Waals surface area contributed by atoms with Crippen LogP contribution in [0, 0.1) is 5.82 Å². The Balaban J connectivity index is 2.31. The SMILES string of the molecule is Nc1cccc(Nc2cc(Cl)c(F)c(Cl)c2)c1. The first-order valence-corrected chi connectivity index (χ1v) is 5.59. The van der Waals surface area contributed by atoms with Gasteiger partial charge in [0.05, 0.1) is 10.0 Å². The van der Waals surface area contributed by atoms with Crippen LogP contribution in [0.2, 0.25) is 10.0 Å². The van der Waals surface area contributed by atoms with E-state index in [0.29, 0.717) is 11.4 Å². The molecule has 0 bridgehead atoms. The number of nitrogens with one attached hydrogen (secondary N) is 1. The molecule has 0 saturated carbocycles. The van der Waals surface area contributed by atoms with E-state index in [2.05, 4.69) is 5.32 Å². The van der Waals surface area contributed by atoms with Crippen LogP contribution in [0.25, 0.3) is 0 Å². The molecule has 0 aromatic heterocycles. The monoisotopic (exact) mass is 270 g/mol. The van der Waals surface area contributed by atoms with Crippen LogP contribution >= 0.6 is 23.2 Å². The highest BCUT2D eigenvalue weighted by Gasteiger charge is 2.07. The minimum Gasteiger partial charge on any atom is -0.399 e. The number of hydrogen-bond acceptors (Lipinski definition) is 2. The highest BCUT2D eigenvalue weighted by atomic mass is 35.5. The van der Waals surface area contributed by atoms with E-state index >= 15 is 0 Å². The summed E-state index contributed by atoms with van der Waals surface area (Å²) in [5.74, 6) is -0.619. The maximum atomic E-state index is 13.2. The van der Waals surface area contributed by atoms with E-state index in [9.17, 15) is 4.39 Å². The van der Waals surface area contributed by atoms with Gasteiger partial charge in [-0.2, -0.15) is 0 Å². The van der Waals surface area contributed by atoms with Gasteiger partial charge in [0.25, 0.3) is 0 Å². The van der Waals surface area contributed by atoms with Gasteiger partial charge in [-0.15, -0.1) is 0 Å². The maximum Gasteiger partial charge on any atom is 0.160 e. The highest BCUT2D eigenvalue weighted by Crippen LogP contribution is 2.29. The molecule has 0 saturated heterocycles. The van der Waals surface area contributed by atoms with E-state index in [1.807, 2.05) is 12.1 Å². The zero-order chi connectivity index (χ0) is 12.4. The van der Waals surface area contributed by atoms with Crippen molar-refractivity contribution in [3.63, 3.8) is 0 Å². The van der Waals surface area contributed by atoms with Crippen molar-refractivity contribution in [2.75, 3.05) is 11.1 Å². The van der Waals surface area contributed by atoms with Gasteiger partial charge in [-0.05, 0) is 30.3 Å². The largest absolute Gasteiger partial charge is 0.399 e. The summed E-state index contributed by atoms with van der Waals surface area (Å²) in [4.78, 5) is 0. The van der Waals surface area contributed by atoms with Crippen LogP contribution in [0.3, 0.4) is 0 Å². The molecule has 88 valence electrons. The molecule has 2 rings (SSSR count). The minimum absolute atomic E-state index is 0.0242. The Hall–Kier alpha value is -1.45. The number of anilines is 3. The lowest BCUT2D eigenvalue weighted by Gasteiger charge is -2.08. The van der Waals surface area contributed by atoms with Crippen molar-refractivity contribution >= 4 is 40.3 Å². The summed E-state index contributed by atoms with van der Waals surface area (Å²) in [6, 6.07) is 10.1. The number of benzene rings is 2. The summed E-state index contributed by atoms with van der Waals surface area (Å²) >= 11 is 11.4. The standard InChI is InChI=1S/C12H9Cl2FN2/c13-10-5-9(6-11(14)12(10)15)17-8-3-1-2-7(16)4-8/h1-6,17H,16H2. The normalized spacial score (nSPS) is 10.3. The van der Waals surface area contributed by atoms with Crippen LogP contribution < -0.4 is 11.1 Å². The minimum atomic E-state index is -0.619. The second-order valence-electron chi connectivity index (χ2n) is 3.50. The van der Waals surface area contributed by atoms with E-state index in [0.717, 1.165) is 5.69 Å². The van der Waals surface area contributed by atoms with E-state index in [-0.39, 0.29) is 10.0 Å². The Morgan fingerprint density at radius 1 is 1.00 bits per heavy atom. The van der Waals surface area contributed by atoms with Gasteiger partial charge in [-0.25, -0.2) is 4.39 Å². The van der Waals surface area contributed by atoms with E-state index in [1.54, 1.807) is 12.1 Å². The zero-order valence-corrected chi connectivity index (χ0v) is 10.2. The summed E-state index contributed by atoms with van der Waals surface area (Å²) in [6.45, 7) is 0. The second-order valence-corrected chi connectivity index (χ2v) is 4.32. The fourth-order valence-corrected chi connectivity index (χ4v) is 1.90. The van der Waals surface area contributed by atoms with Gasteiger partial charge in [-0.1, -0.05) is 29.3 Å². The van der Waals surface area contributed by atoms with Crippen LogP contribution in [0.5, 0.6) is 0 Å². The molecule has 3 N–H and O–H groups in total. The van der Waals surface area contributed by atoms with Crippen molar-refractivity contribution in [3.05, 3.63) is 52.3 Å². The van der Waals surface area contributed by atoms with Crippen molar-refractivity contribution in [1.82, 2.24) is 0 Å². The lowest BCUT2D eigenvalue weighted by Crippen LogP contribution is -1.93. The Morgan fingerprint density at radius 3 is 2.24 bits per heavy atom. The van der Waals surface area contributed by atoms with Crippen molar-refractivity contribution in [2.45, 2.75) is 0 Å². The highest BCUT2D eigenvalue weighted by molar-refractivity contribution is 6.35. The summed E-state index contributed by atoms with van der Waals surface area (Å²) < 4.78 is 13.2. The van der Waals surface area contributed by atoms with E-state index in [1.165, 1.54) is 12.1 Å². The molecule has 0 fully saturated rings. The summed E-state index contributed by atoms with van der Waals surface area (Å²) in [7, 11) is 0. The molecule has 17 heavy (non-hydrogen) atoms. The van der Waals surface area contributed by atoms with Crippen molar-refractivity contribution in [2.24, 2.45) is 0 Å². The number of rotatable bonds is 2. The van der Waals surface area contributed by atoms with Gasteiger partial charge in [0, 0.05) is 17.1 Å². The Kier molecular flexibility index (Phi) is 3.41. The van der Waals surface area contributed by atoms with Gasteiger partial charge >= 0.3 is 0 Å². The third kappa shape index (κ3) is 2.81. The second kappa shape index (κ2) is 4.82. The van der Waals surface area contributed by atoms with Crippen LogP contribution in [0.1, 0.15) is 0 Å². The molecule has 2 aromatic carbocycles. The molecule has 0 atom stereocenters. The first-order chi connectivity index (χ1) is 8.06. The molecule has 0 spiro atoms. The summed E-state index contributed by atoms with van der Waals surface area (Å²) in [5.41, 5.74) is 7.66. The molecule has 0 heterocycles. The molecule has 2 nitrogen and oxygen atoms in total. The quantitative estimate of drug-likeness (QED) is 0.625. The summed E-state index contributed by atoms with van der Waals surface area (Å²) in [5, 5.41) is 2.99. The zero-order valence-electron chi connectivity index (χ0n) is 8.68. The molecule has 0 radical (unpaired) electrons. The number of nitrogens with two attached hydrogens (primary N) is 1. The van der Waals surface area contributed by atoms with Crippen LogP contribution in [0.4, 0.5) is 21.5 Å². The van der Waals surface area contributed by atoms with Crippen molar-refractivity contribution < 1.29 is 4.39 Å². The van der Waals surface area contributed by atoms with Gasteiger partial charge in [0.2, 0.25) is 0 Å². The molecular weight excluding hydrogens is 262 g/mol. The maximum absolute atomic E-state index is 13.2. The van der Waals surface area contributed by atoms with Crippen LogP contribution in [-0.4, -0.2) is 0 Å². The topological polar surface area (TPSA) is 38.0 Å². The first-order valence-electron chi connectivity index (χ1n) is 4.83. The first kappa shape index (κ1) is 12.0. The van der Waals surface area contributed by atoms with E-state index < -0.39 is 5.82 Å². The number of hydrogen-bond donors (Lipinski definition) is 2. The smallest absolute Gasteiger partial charge is 0.160 e. The average Bonchev–Trinajstić information content (AvgIpc) is 2.26. The fourth-order valence-electron chi connectivity index (χ4n) is 1.41. The van der Waals surface area contributed by atoms with Crippen LogP contribution in [-0.2, 0) is 0 Å². The molecule has 0 unspecified atom stereocenters. The third-order valence-corrected chi connectivity index (χ3v) is 2.71. The van der Waals surface area contributed by atoms with Crippen LogP contribution in [0.15, 0.2) is 36.4 Å². The average molecular weight is 271 g/mol. The Labute approximate surface area is 108 Å². The Morgan fingerprint density at radius 2 is 1.65 bits per heavy atom. The van der Waals surface area contributed by atoms with Gasteiger partial charge in [0.15, 0.2) is 5.82 Å². The predicted molar refractivity (Wildman–Crippen MR) is 70.6 cm³/mol. The number of nitrogen functional groups attached to an aromatic ring is 1. The molecule has 0 aliphatic carbocycles.